The molecule has 1 heterocycles. The van der Waals surface area contributed by atoms with Crippen LogP contribution in [-0.4, -0.2) is 59.8 Å². The lowest BCUT2D eigenvalue weighted by atomic mass is 10.1. The summed E-state index contributed by atoms with van der Waals surface area (Å²) in [4.78, 5) is 36.9. The van der Waals surface area contributed by atoms with Crippen molar-refractivity contribution in [3.05, 3.63) is 24.3 Å². The molecule has 2 atom stereocenters. The predicted octanol–water partition coefficient (Wildman–Crippen LogP) is 0.817. The van der Waals surface area contributed by atoms with Crippen LogP contribution < -0.4 is 20.7 Å². The maximum Gasteiger partial charge on any atom is 0.323 e. The second-order valence-corrected chi connectivity index (χ2v) is 6.70. The molecule has 5 N–H and O–H groups in total. The number of fused-ring (bicyclic) bond motifs is 1. The summed E-state index contributed by atoms with van der Waals surface area (Å²) in [5, 5.41) is 21.5. The van der Waals surface area contributed by atoms with Gasteiger partial charge in [0.15, 0.2) is 0 Å². The Morgan fingerprint density at radius 2 is 1.93 bits per heavy atom. The van der Waals surface area contributed by atoms with Gasteiger partial charge in [-0.1, -0.05) is 31.4 Å². The molecule has 1 aromatic carbocycles. The van der Waals surface area contributed by atoms with Gasteiger partial charge in [-0.05, 0) is 31.5 Å². The summed E-state index contributed by atoms with van der Waals surface area (Å²) in [6.45, 7) is -0.00831. The van der Waals surface area contributed by atoms with E-state index in [2.05, 4.69) is 5.32 Å². The fourth-order valence-electron chi connectivity index (χ4n) is 3.14. The summed E-state index contributed by atoms with van der Waals surface area (Å²) in [6.07, 6.45) is 3.72. The fourth-order valence-corrected chi connectivity index (χ4v) is 3.14. The van der Waals surface area contributed by atoms with Crippen LogP contribution in [0.4, 0.5) is 5.69 Å². The van der Waals surface area contributed by atoms with Gasteiger partial charge in [-0.15, -0.1) is 0 Å². The number of amides is 1. The molecule has 9 nitrogen and oxygen atoms in total. The van der Waals surface area contributed by atoms with E-state index in [0.29, 0.717) is 30.8 Å². The van der Waals surface area contributed by atoms with E-state index in [0.717, 1.165) is 24.2 Å². The summed E-state index contributed by atoms with van der Waals surface area (Å²) in [5.74, 6) is -2.37. The minimum absolute atomic E-state index is 0.0804. The number of carbonyl (C=O) groups is 3. The highest BCUT2D eigenvalue weighted by atomic mass is 16.5. The molecule has 0 radical (unpaired) electrons. The molecule has 1 aliphatic rings. The smallest absolute Gasteiger partial charge is 0.323 e. The van der Waals surface area contributed by atoms with Crippen LogP contribution in [0.15, 0.2) is 24.3 Å². The summed E-state index contributed by atoms with van der Waals surface area (Å²) < 4.78 is 5.66. The third kappa shape index (κ3) is 5.93. The monoisotopic (exact) mass is 393 g/mol. The van der Waals surface area contributed by atoms with Crippen LogP contribution in [0, 0.1) is 0 Å². The minimum atomic E-state index is -1.17. The number of carboxylic acid groups (broad SMARTS) is 2. The van der Waals surface area contributed by atoms with Crippen molar-refractivity contribution in [1.82, 2.24) is 5.32 Å². The molecule has 28 heavy (non-hydrogen) atoms. The van der Waals surface area contributed by atoms with E-state index in [1.165, 1.54) is 0 Å². The normalized spacial score (nSPS) is 17.4. The quantitative estimate of drug-likeness (QED) is 0.405. The number of rotatable bonds is 11. The van der Waals surface area contributed by atoms with Gasteiger partial charge in [-0.25, -0.2) is 0 Å². The van der Waals surface area contributed by atoms with E-state index in [9.17, 15) is 24.6 Å². The number of aliphatic carboxylic acids is 2. The topological polar surface area (TPSA) is 142 Å². The van der Waals surface area contributed by atoms with E-state index >= 15 is 0 Å². The Morgan fingerprint density at radius 1 is 1.21 bits per heavy atom. The van der Waals surface area contributed by atoms with Crippen LogP contribution in [0.3, 0.4) is 0 Å². The number of nitrogens with one attached hydrogen (secondary N) is 1. The van der Waals surface area contributed by atoms with Crippen molar-refractivity contribution in [2.75, 3.05) is 24.6 Å². The Bertz CT molecular complexity index is 696. The molecule has 154 valence electrons. The maximum atomic E-state index is 12.9. The Morgan fingerprint density at radius 3 is 2.61 bits per heavy atom. The molecule has 1 amide bonds. The van der Waals surface area contributed by atoms with Crippen LogP contribution in [-0.2, 0) is 14.4 Å². The molecule has 0 spiro atoms. The van der Waals surface area contributed by atoms with E-state index in [4.69, 9.17) is 10.5 Å². The van der Waals surface area contributed by atoms with E-state index < -0.39 is 36.5 Å². The van der Waals surface area contributed by atoms with Crippen LogP contribution in [0.5, 0.6) is 5.75 Å². The van der Waals surface area contributed by atoms with Gasteiger partial charge < -0.3 is 20.7 Å². The molecule has 1 aliphatic heterocycles. The number of unbranched alkanes of at least 4 members (excludes halogenated alkanes) is 3. The lowest BCUT2D eigenvalue weighted by molar-refractivity contribution is -0.141. The average Bonchev–Trinajstić information content (AvgIpc) is 2.78. The second-order valence-electron chi connectivity index (χ2n) is 6.70. The average molecular weight is 393 g/mol. The van der Waals surface area contributed by atoms with Crippen LogP contribution >= 0.6 is 0 Å². The molecule has 1 unspecified atom stereocenters. The Kier molecular flexibility index (Phi) is 8.21. The van der Waals surface area contributed by atoms with Crippen LogP contribution in [0.1, 0.15) is 32.1 Å². The first-order valence-corrected chi connectivity index (χ1v) is 9.38. The Labute approximate surface area is 163 Å². The van der Waals surface area contributed by atoms with Gasteiger partial charge in [0.05, 0.1) is 5.69 Å². The second kappa shape index (κ2) is 10.6. The van der Waals surface area contributed by atoms with Gasteiger partial charge in [0.1, 0.15) is 31.0 Å². The standard InChI is InChI=1S/C19H27N3O6/c20-10-6-2-1-3-7-13(19(26)27)21-14-12-28-16-9-5-4-8-15(16)22(18(14)25)11-17(23)24/h4-5,8-9,13-14,21H,1-3,6-7,10-12,20H2,(H,23,24)(H,26,27)/t13?,14-/m0/s1. The summed E-state index contributed by atoms with van der Waals surface area (Å²) in [5.41, 5.74) is 5.81. The molecule has 2 rings (SSSR count). The zero-order chi connectivity index (χ0) is 20.5. The molecule has 0 fully saturated rings. The number of ether oxygens (including phenoxy) is 1. The third-order valence-electron chi connectivity index (χ3n) is 4.57. The predicted molar refractivity (Wildman–Crippen MR) is 102 cm³/mol. The highest BCUT2D eigenvalue weighted by Crippen LogP contribution is 2.31. The first kappa shape index (κ1) is 21.6. The molecule has 0 saturated heterocycles. The SMILES string of the molecule is NCCCCCCC(N[C@H]1COc2ccccc2N(CC(=O)O)C1=O)C(=O)O. The zero-order valence-electron chi connectivity index (χ0n) is 15.7. The maximum absolute atomic E-state index is 12.9. The first-order valence-electron chi connectivity index (χ1n) is 9.38. The molecular formula is C19H27N3O6. The highest BCUT2D eigenvalue weighted by molar-refractivity contribution is 6.02. The van der Waals surface area contributed by atoms with Gasteiger partial charge >= 0.3 is 11.9 Å². The highest BCUT2D eigenvalue weighted by Gasteiger charge is 2.35. The summed E-state index contributed by atoms with van der Waals surface area (Å²) in [7, 11) is 0. The van der Waals surface area contributed by atoms with Gasteiger partial charge in [-0.3, -0.25) is 24.6 Å². The molecule has 0 aromatic heterocycles. The lowest BCUT2D eigenvalue weighted by Gasteiger charge is -2.25. The van der Waals surface area contributed by atoms with E-state index in [-0.39, 0.29) is 6.61 Å². The minimum Gasteiger partial charge on any atom is -0.489 e. The molecule has 1 aromatic rings. The number of hydrogen-bond donors (Lipinski definition) is 4. The van der Waals surface area contributed by atoms with Crippen molar-refractivity contribution >= 4 is 23.5 Å². The number of benzene rings is 1. The van der Waals surface area contributed by atoms with Gasteiger partial charge in [0, 0.05) is 0 Å². The van der Waals surface area contributed by atoms with Gasteiger partial charge in [-0.2, -0.15) is 0 Å². The number of para-hydroxylation sites is 2. The van der Waals surface area contributed by atoms with Gasteiger partial charge in [0.2, 0.25) is 5.91 Å². The zero-order valence-corrected chi connectivity index (χ0v) is 15.7. The number of anilines is 1. The number of hydrogen-bond acceptors (Lipinski definition) is 6. The van der Waals surface area contributed by atoms with Crippen molar-refractivity contribution < 1.29 is 29.3 Å². The molecule has 9 heteroatoms. The van der Waals surface area contributed by atoms with Gasteiger partial charge in [0.25, 0.3) is 0 Å². The molecule has 0 bridgehead atoms. The van der Waals surface area contributed by atoms with E-state index in [1.54, 1.807) is 24.3 Å². The third-order valence-corrected chi connectivity index (χ3v) is 4.57. The molecule has 0 saturated carbocycles. The molecular weight excluding hydrogens is 366 g/mol. The fraction of sp³-hybridized carbons (Fsp3) is 0.526. The largest absolute Gasteiger partial charge is 0.489 e. The number of carbonyl (C=O) groups excluding carboxylic acids is 1. The van der Waals surface area contributed by atoms with Crippen LogP contribution in [0.25, 0.3) is 0 Å². The van der Waals surface area contributed by atoms with Crippen LogP contribution in [0.2, 0.25) is 0 Å². The lowest BCUT2D eigenvalue weighted by Crippen LogP contribution is -2.54. The van der Waals surface area contributed by atoms with E-state index in [1.807, 2.05) is 0 Å². The van der Waals surface area contributed by atoms with Crippen molar-refractivity contribution in [2.45, 2.75) is 44.2 Å². The Hall–Kier alpha value is -2.65. The number of nitrogens with zero attached hydrogens (tertiary/aromatic N) is 1. The number of nitrogens with two attached hydrogens (primary N) is 1. The Balaban J connectivity index is 2.10. The van der Waals surface area contributed by atoms with Crippen molar-refractivity contribution in [1.29, 1.82) is 0 Å². The molecule has 0 aliphatic carbocycles. The van der Waals surface area contributed by atoms with Crippen molar-refractivity contribution in [3.8, 4) is 5.75 Å². The summed E-state index contributed by atoms with van der Waals surface area (Å²) in [6, 6.07) is 4.76. The summed E-state index contributed by atoms with van der Waals surface area (Å²) >= 11 is 0. The van der Waals surface area contributed by atoms with Crippen molar-refractivity contribution in [3.63, 3.8) is 0 Å². The van der Waals surface area contributed by atoms with Crippen molar-refractivity contribution in [2.24, 2.45) is 5.73 Å². The number of carboxylic acids is 2. The first-order chi connectivity index (χ1) is 13.4.